The third-order valence-electron chi connectivity index (χ3n) is 5.11. The fraction of sp³-hybridized carbons (Fsp3) is 0.955. The van der Waals surface area contributed by atoms with Crippen LogP contribution < -0.4 is 0 Å². The highest BCUT2D eigenvalue weighted by Crippen LogP contribution is 2.14. The Morgan fingerprint density at radius 3 is 1.19 bits per heavy atom. The Hall–Kier alpha value is -0.610. The first-order valence-electron chi connectivity index (χ1n) is 11.2. The topological polar surface area (TPSA) is 77.8 Å². The van der Waals surface area contributed by atoms with Crippen molar-refractivity contribution in [1.29, 1.82) is 0 Å². The summed E-state index contributed by atoms with van der Waals surface area (Å²) in [5.74, 6) is -0.910. The van der Waals surface area contributed by atoms with Crippen molar-refractivity contribution in [2.75, 3.05) is 6.61 Å². The molecule has 0 aromatic heterocycles. The minimum atomic E-state index is -0.910. The monoisotopic (exact) mass is 372 g/mol. The van der Waals surface area contributed by atoms with Gasteiger partial charge in [0.15, 0.2) is 0 Å². The summed E-state index contributed by atoms with van der Waals surface area (Å²) in [6.07, 6.45) is 21.4. The molecule has 26 heavy (non-hydrogen) atoms. The van der Waals surface area contributed by atoms with Crippen molar-refractivity contribution in [1.82, 2.24) is 0 Å². The number of unbranched alkanes of at least 4 members (excludes halogenated alkanes) is 16. The lowest BCUT2D eigenvalue weighted by atomic mass is 10.0. The average molecular weight is 373 g/mol. The quantitative estimate of drug-likeness (QED) is 0.221. The summed E-state index contributed by atoms with van der Waals surface area (Å²) in [7, 11) is 0. The van der Waals surface area contributed by atoms with Crippen LogP contribution in [0.2, 0.25) is 0 Å². The minimum Gasteiger partial charge on any atom is -0.481 e. The van der Waals surface area contributed by atoms with Crippen molar-refractivity contribution in [2.45, 2.75) is 128 Å². The largest absolute Gasteiger partial charge is 0.481 e. The van der Waals surface area contributed by atoms with Gasteiger partial charge in [0, 0.05) is 6.61 Å². The van der Waals surface area contributed by atoms with E-state index in [2.05, 4.69) is 0 Å². The van der Waals surface area contributed by atoms with Crippen LogP contribution in [0.1, 0.15) is 122 Å². The zero-order valence-electron chi connectivity index (χ0n) is 17.0. The smallest absolute Gasteiger partial charge is 0.305 e. The summed E-state index contributed by atoms with van der Waals surface area (Å²) in [5, 5.41) is 26.7. The molecule has 0 aromatic carbocycles. The number of carbonyl (C=O) groups is 1. The van der Waals surface area contributed by atoms with Gasteiger partial charge in [0.1, 0.15) is 0 Å². The number of rotatable bonds is 21. The van der Waals surface area contributed by atoms with Gasteiger partial charge in [0.25, 0.3) is 0 Å². The van der Waals surface area contributed by atoms with E-state index in [-0.39, 0.29) is 6.42 Å². The van der Waals surface area contributed by atoms with Crippen molar-refractivity contribution in [2.24, 2.45) is 0 Å². The molecule has 0 bridgehead atoms. The number of carboxylic acid groups (broad SMARTS) is 1. The molecule has 156 valence electrons. The van der Waals surface area contributed by atoms with Crippen molar-refractivity contribution >= 4 is 5.97 Å². The van der Waals surface area contributed by atoms with E-state index < -0.39 is 12.1 Å². The van der Waals surface area contributed by atoms with Crippen LogP contribution in [0.3, 0.4) is 0 Å². The van der Waals surface area contributed by atoms with Gasteiger partial charge < -0.3 is 15.3 Å². The first kappa shape index (κ1) is 25.4. The summed E-state index contributed by atoms with van der Waals surface area (Å²) in [4.78, 5) is 10.4. The molecule has 0 rings (SSSR count). The van der Waals surface area contributed by atoms with Crippen LogP contribution in [0.15, 0.2) is 0 Å². The molecular weight excluding hydrogens is 328 g/mol. The van der Waals surface area contributed by atoms with Crippen molar-refractivity contribution < 1.29 is 20.1 Å². The lowest BCUT2D eigenvalue weighted by Gasteiger charge is -2.07. The predicted molar refractivity (Wildman–Crippen MR) is 108 cm³/mol. The Kier molecular flexibility index (Phi) is 20.2. The zero-order chi connectivity index (χ0) is 19.3. The molecule has 0 aliphatic carbocycles. The third-order valence-corrected chi connectivity index (χ3v) is 5.11. The summed E-state index contributed by atoms with van der Waals surface area (Å²) >= 11 is 0. The lowest BCUT2D eigenvalue weighted by molar-refractivity contribution is -0.139. The van der Waals surface area contributed by atoms with Crippen molar-refractivity contribution in [3.63, 3.8) is 0 Å². The Morgan fingerprint density at radius 2 is 0.885 bits per heavy atom. The molecule has 0 aliphatic heterocycles. The number of aliphatic carboxylic acids is 1. The molecule has 0 unspecified atom stereocenters. The van der Waals surface area contributed by atoms with Crippen LogP contribution >= 0.6 is 0 Å². The van der Waals surface area contributed by atoms with Gasteiger partial charge in [-0.1, -0.05) is 103 Å². The molecule has 0 aliphatic rings. The zero-order valence-corrected chi connectivity index (χ0v) is 17.0. The summed E-state index contributed by atoms with van der Waals surface area (Å²) in [6.45, 7) is 0.346. The Labute approximate surface area is 161 Å². The van der Waals surface area contributed by atoms with Crippen molar-refractivity contribution in [3.8, 4) is 0 Å². The maximum Gasteiger partial charge on any atom is 0.305 e. The van der Waals surface area contributed by atoms with Crippen LogP contribution in [0, 0.1) is 0 Å². The Balaban J connectivity index is 3.06. The third kappa shape index (κ3) is 21.4. The first-order chi connectivity index (χ1) is 12.7. The van der Waals surface area contributed by atoms with E-state index in [9.17, 15) is 9.90 Å². The number of hydrogen-bond donors (Lipinski definition) is 3. The van der Waals surface area contributed by atoms with Gasteiger partial charge in [-0.2, -0.15) is 0 Å². The summed E-state index contributed by atoms with van der Waals surface area (Å²) in [5.41, 5.74) is 0. The maximum atomic E-state index is 10.4. The number of carboxylic acids is 1. The maximum absolute atomic E-state index is 10.4. The normalized spacial score (nSPS) is 12.4. The van der Waals surface area contributed by atoms with Gasteiger partial charge in [-0.25, -0.2) is 0 Å². The van der Waals surface area contributed by atoms with Gasteiger partial charge in [-0.05, 0) is 12.8 Å². The van der Waals surface area contributed by atoms with E-state index in [0.29, 0.717) is 13.0 Å². The van der Waals surface area contributed by atoms with Gasteiger partial charge in [0.2, 0.25) is 0 Å². The average Bonchev–Trinajstić information content (AvgIpc) is 2.60. The molecule has 0 amide bonds. The van der Waals surface area contributed by atoms with Crippen LogP contribution in [0.5, 0.6) is 0 Å². The highest BCUT2D eigenvalue weighted by molar-refractivity contribution is 5.67. The van der Waals surface area contributed by atoms with Crippen LogP contribution in [-0.4, -0.2) is 34.0 Å². The predicted octanol–water partition coefficient (Wildman–Crippen LogP) is 5.84. The molecule has 0 heterocycles. The fourth-order valence-electron chi connectivity index (χ4n) is 3.45. The second-order valence-corrected chi connectivity index (χ2v) is 7.77. The second kappa shape index (κ2) is 20.7. The molecule has 0 radical (unpaired) electrons. The van der Waals surface area contributed by atoms with Crippen LogP contribution in [0.4, 0.5) is 0 Å². The van der Waals surface area contributed by atoms with Gasteiger partial charge in [-0.3, -0.25) is 4.79 Å². The van der Waals surface area contributed by atoms with Gasteiger partial charge >= 0.3 is 5.97 Å². The molecule has 4 nitrogen and oxygen atoms in total. The van der Waals surface area contributed by atoms with E-state index >= 15 is 0 Å². The molecule has 0 aromatic rings. The van der Waals surface area contributed by atoms with E-state index in [1.807, 2.05) is 0 Å². The van der Waals surface area contributed by atoms with Crippen LogP contribution in [0.25, 0.3) is 0 Å². The molecule has 1 atom stereocenters. The fourth-order valence-corrected chi connectivity index (χ4v) is 3.45. The minimum absolute atomic E-state index is 0.120. The number of hydrogen-bond acceptors (Lipinski definition) is 3. The number of aliphatic hydroxyl groups is 2. The standard InChI is InChI=1S/C22H44O4/c23-19-17-15-13-11-9-7-5-3-1-2-4-6-8-10-12-14-16-18-21(24)20-22(25)26/h21,23-24H,1-20H2,(H,25,26)/t21-/m1/s1. The van der Waals surface area contributed by atoms with E-state index in [1.54, 1.807) is 0 Å². The molecular formula is C22H44O4. The van der Waals surface area contributed by atoms with E-state index in [4.69, 9.17) is 10.2 Å². The van der Waals surface area contributed by atoms with Crippen molar-refractivity contribution in [3.05, 3.63) is 0 Å². The SMILES string of the molecule is O=C(O)C[C@H](O)CCCCCCCCCCCCCCCCCCCO. The molecule has 0 saturated carbocycles. The molecule has 0 spiro atoms. The first-order valence-corrected chi connectivity index (χ1v) is 11.2. The highest BCUT2D eigenvalue weighted by atomic mass is 16.4. The second-order valence-electron chi connectivity index (χ2n) is 7.77. The van der Waals surface area contributed by atoms with Crippen LogP contribution in [-0.2, 0) is 4.79 Å². The van der Waals surface area contributed by atoms with Gasteiger partial charge in [-0.15, -0.1) is 0 Å². The molecule has 0 fully saturated rings. The summed E-state index contributed by atoms with van der Waals surface area (Å²) in [6, 6.07) is 0. The number of aliphatic hydroxyl groups excluding tert-OH is 2. The lowest BCUT2D eigenvalue weighted by Crippen LogP contribution is -2.12. The van der Waals surface area contributed by atoms with E-state index in [1.165, 1.54) is 89.9 Å². The van der Waals surface area contributed by atoms with Gasteiger partial charge in [0.05, 0.1) is 12.5 Å². The molecule has 4 heteroatoms. The highest BCUT2D eigenvalue weighted by Gasteiger charge is 2.08. The molecule has 0 saturated heterocycles. The summed E-state index contributed by atoms with van der Waals surface area (Å²) < 4.78 is 0. The Bertz CT molecular complexity index is 294. The molecule has 3 N–H and O–H groups in total. The Morgan fingerprint density at radius 1 is 0.577 bits per heavy atom. The van der Waals surface area contributed by atoms with E-state index in [0.717, 1.165) is 19.3 Å².